The molecule has 1 aromatic carbocycles. The standard InChI is InChI=1S/C10H11F4NO/c11-7-3-1-2-6(4-7)8(16)5-9(15)10(12,13)14/h1-4,8-9,16H,5,15H2/t8-,9-/m0/s1. The quantitative estimate of drug-likeness (QED) is 0.791. The summed E-state index contributed by atoms with van der Waals surface area (Å²) in [6.45, 7) is 0. The number of hydrogen-bond acceptors (Lipinski definition) is 2. The molecule has 0 heterocycles. The number of nitrogens with two attached hydrogens (primary N) is 1. The van der Waals surface area contributed by atoms with Crippen molar-refractivity contribution in [3.8, 4) is 0 Å². The van der Waals surface area contributed by atoms with E-state index >= 15 is 0 Å². The van der Waals surface area contributed by atoms with Gasteiger partial charge in [0.2, 0.25) is 0 Å². The van der Waals surface area contributed by atoms with Crippen molar-refractivity contribution in [2.45, 2.75) is 24.7 Å². The SMILES string of the molecule is N[C@@H](C[C@H](O)c1cccc(F)c1)C(F)(F)F. The molecule has 16 heavy (non-hydrogen) atoms. The topological polar surface area (TPSA) is 46.2 Å². The van der Waals surface area contributed by atoms with E-state index in [2.05, 4.69) is 0 Å². The van der Waals surface area contributed by atoms with Crippen molar-refractivity contribution < 1.29 is 22.7 Å². The second-order valence-electron chi connectivity index (χ2n) is 3.45. The van der Waals surface area contributed by atoms with Gasteiger partial charge in [0.05, 0.1) is 6.10 Å². The van der Waals surface area contributed by atoms with Gasteiger partial charge in [-0.3, -0.25) is 0 Å². The van der Waals surface area contributed by atoms with Gasteiger partial charge in [0.15, 0.2) is 0 Å². The molecule has 0 spiro atoms. The maximum absolute atomic E-state index is 12.7. The van der Waals surface area contributed by atoms with Crippen LogP contribution in [0.2, 0.25) is 0 Å². The van der Waals surface area contributed by atoms with Crippen molar-refractivity contribution in [3.05, 3.63) is 35.6 Å². The van der Waals surface area contributed by atoms with Crippen LogP contribution in [-0.4, -0.2) is 17.3 Å². The van der Waals surface area contributed by atoms with Crippen LogP contribution in [0.4, 0.5) is 17.6 Å². The summed E-state index contributed by atoms with van der Waals surface area (Å²) in [5, 5.41) is 9.43. The highest BCUT2D eigenvalue weighted by Crippen LogP contribution is 2.26. The summed E-state index contributed by atoms with van der Waals surface area (Å²) in [6, 6.07) is 2.66. The van der Waals surface area contributed by atoms with Crippen molar-refractivity contribution >= 4 is 0 Å². The average molecular weight is 237 g/mol. The molecule has 6 heteroatoms. The monoisotopic (exact) mass is 237 g/mol. The Morgan fingerprint density at radius 2 is 1.94 bits per heavy atom. The lowest BCUT2D eigenvalue weighted by atomic mass is 10.0. The van der Waals surface area contributed by atoms with Crippen LogP contribution in [-0.2, 0) is 0 Å². The Hall–Kier alpha value is -1.14. The number of halogens is 4. The lowest BCUT2D eigenvalue weighted by molar-refractivity contribution is -0.153. The van der Waals surface area contributed by atoms with Gasteiger partial charge in [0, 0.05) is 6.42 Å². The summed E-state index contributed by atoms with van der Waals surface area (Å²) < 4.78 is 49.0. The third kappa shape index (κ3) is 3.46. The number of aliphatic hydroxyl groups excluding tert-OH is 1. The molecule has 0 aromatic heterocycles. The number of hydrogen-bond donors (Lipinski definition) is 2. The molecule has 1 aromatic rings. The van der Waals surface area contributed by atoms with Gasteiger partial charge >= 0.3 is 6.18 Å². The second kappa shape index (κ2) is 4.80. The van der Waals surface area contributed by atoms with Crippen LogP contribution in [0.3, 0.4) is 0 Å². The summed E-state index contributed by atoms with van der Waals surface area (Å²) in [7, 11) is 0. The zero-order valence-corrected chi connectivity index (χ0v) is 8.21. The summed E-state index contributed by atoms with van der Waals surface area (Å²) in [5.41, 5.74) is 4.93. The lowest BCUT2D eigenvalue weighted by Gasteiger charge is -2.19. The molecule has 1 rings (SSSR count). The zero-order chi connectivity index (χ0) is 12.3. The highest BCUT2D eigenvalue weighted by molar-refractivity contribution is 5.18. The van der Waals surface area contributed by atoms with Gasteiger partial charge in [-0.15, -0.1) is 0 Å². The van der Waals surface area contributed by atoms with E-state index in [1.807, 2.05) is 0 Å². The first kappa shape index (κ1) is 12.9. The van der Waals surface area contributed by atoms with Gasteiger partial charge < -0.3 is 10.8 Å². The summed E-state index contributed by atoms with van der Waals surface area (Å²) >= 11 is 0. The van der Waals surface area contributed by atoms with Crippen molar-refractivity contribution in [1.29, 1.82) is 0 Å². The van der Waals surface area contributed by atoms with E-state index in [0.717, 1.165) is 12.1 Å². The van der Waals surface area contributed by atoms with Gasteiger partial charge in [-0.1, -0.05) is 12.1 Å². The van der Waals surface area contributed by atoms with Crippen molar-refractivity contribution in [2.24, 2.45) is 5.73 Å². The number of aliphatic hydroxyl groups is 1. The highest BCUT2D eigenvalue weighted by atomic mass is 19.4. The van der Waals surface area contributed by atoms with E-state index < -0.39 is 30.6 Å². The molecule has 0 aliphatic carbocycles. The molecule has 2 nitrogen and oxygen atoms in total. The fraction of sp³-hybridized carbons (Fsp3) is 0.400. The largest absolute Gasteiger partial charge is 0.403 e. The fourth-order valence-electron chi connectivity index (χ4n) is 1.22. The lowest BCUT2D eigenvalue weighted by Crippen LogP contribution is -2.38. The van der Waals surface area contributed by atoms with Crippen LogP contribution in [0, 0.1) is 5.82 Å². The normalized spacial score (nSPS) is 15.9. The molecule has 2 atom stereocenters. The van der Waals surface area contributed by atoms with Gasteiger partial charge in [0.1, 0.15) is 11.9 Å². The molecule has 0 saturated heterocycles. The van der Waals surface area contributed by atoms with Crippen LogP contribution in [0.5, 0.6) is 0 Å². The molecule has 0 saturated carbocycles. The molecule has 0 aliphatic heterocycles. The predicted molar refractivity (Wildman–Crippen MR) is 50.0 cm³/mol. The van der Waals surface area contributed by atoms with Crippen LogP contribution < -0.4 is 5.73 Å². The van der Waals surface area contributed by atoms with E-state index in [1.54, 1.807) is 0 Å². The van der Waals surface area contributed by atoms with E-state index in [9.17, 15) is 22.7 Å². The summed E-state index contributed by atoms with van der Waals surface area (Å²) in [6.07, 6.45) is -6.67. The summed E-state index contributed by atoms with van der Waals surface area (Å²) in [4.78, 5) is 0. The van der Waals surface area contributed by atoms with Gasteiger partial charge in [-0.25, -0.2) is 4.39 Å². The van der Waals surface area contributed by atoms with Crippen molar-refractivity contribution in [1.82, 2.24) is 0 Å². The van der Waals surface area contributed by atoms with Gasteiger partial charge in [0.25, 0.3) is 0 Å². The molecule has 3 N–H and O–H groups in total. The summed E-state index contributed by atoms with van der Waals surface area (Å²) in [5.74, 6) is -0.614. The number of alkyl halides is 3. The minimum atomic E-state index is -4.56. The number of rotatable bonds is 3. The Kier molecular flexibility index (Phi) is 3.88. The zero-order valence-electron chi connectivity index (χ0n) is 8.21. The fourth-order valence-corrected chi connectivity index (χ4v) is 1.22. The Morgan fingerprint density at radius 1 is 1.31 bits per heavy atom. The first-order chi connectivity index (χ1) is 7.30. The van der Waals surface area contributed by atoms with Gasteiger partial charge in [-0.2, -0.15) is 13.2 Å². The van der Waals surface area contributed by atoms with Gasteiger partial charge in [-0.05, 0) is 17.7 Å². The molecule has 90 valence electrons. The van der Waals surface area contributed by atoms with Crippen LogP contribution in [0.15, 0.2) is 24.3 Å². The molecule has 0 fully saturated rings. The maximum Gasteiger partial charge on any atom is 0.403 e. The van der Waals surface area contributed by atoms with E-state index in [4.69, 9.17) is 5.73 Å². The molecule has 0 amide bonds. The minimum Gasteiger partial charge on any atom is -0.388 e. The molecular weight excluding hydrogens is 226 g/mol. The van der Waals surface area contributed by atoms with E-state index in [0.29, 0.717) is 0 Å². The predicted octanol–water partition coefficient (Wildman–Crippen LogP) is 2.14. The Morgan fingerprint density at radius 3 is 2.44 bits per heavy atom. The van der Waals surface area contributed by atoms with Crippen molar-refractivity contribution in [3.63, 3.8) is 0 Å². The molecular formula is C10H11F4NO. The molecule has 0 aliphatic rings. The Labute approximate surface area is 89.7 Å². The first-order valence-electron chi connectivity index (χ1n) is 4.56. The van der Waals surface area contributed by atoms with Crippen LogP contribution in [0.1, 0.15) is 18.1 Å². The van der Waals surface area contributed by atoms with E-state index in [-0.39, 0.29) is 5.56 Å². The van der Waals surface area contributed by atoms with Crippen LogP contribution >= 0.6 is 0 Å². The molecule has 0 bridgehead atoms. The minimum absolute atomic E-state index is 0.0831. The highest BCUT2D eigenvalue weighted by Gasteiger charge is 2.37. The second-order valence-corrected chi connectivity index (χ2v) is 3.45. The number of benzene rings is 1. The maximum atomic E-state index is 12.7. The van der Waals surface area contributed by atoms with Crippen LogP contribution in [0.25, 0.3) is 0 Å². The van der Waals surface area contributed by atoms with E-state index in [1.165, 1.54) is 12.1 Å². The first-order valence-corrected chi connectivity index (χ1v) is 4.56. The molecule has 0 radical (unpaired) electrons. The third-order valence-corrected chi connectivity index (χ3v) is 2.13. The smallest absolute Gasteiger partial charge is 0.388 e. The average Bonchev–Trinajstić information content (AvgIpc) is 2.16. The Balaban J connectivity index is 2.69. The third-order valence-electron chi connectivity index (χ3n) is 2.13. The Bertz CT molecular complexity index is 353. The molecule has 0 unspecified atom stereocenters. The van der Waals surface area contributed by atoms with Crippen molar-refractivity contribution in [2.75, 3.05) is 0 Å².